The van der Waals surface area contributed by atoms with Crippen LogP contribution in [0.1, 0.15) is 66.2 Å². The minimum Gasteiger partial charge on any atom is -0.351 e. The smallest absolute Gasteiger partial charge is 0.262 e. The van der Waals surface area contributed by atoms with Gasteiger partial charge in [0.2, 0.25) is 5.91 Å². The fourth-order valence-electron chi connectivity index (χ4n) is 4.33. The monoisotopic (exact) mass is 326 g/mol. The van der Waals surface area contributed by atoms with Crippen LogP contribution in [0.4, 0.5) is 0 Å². The quantitative estimate of drug-likeness (QED) is 0.868. The molecule has 1 N–H and O–H groups in total. The Morgan fingerprint density at radius 3 is 2.29 bits per heavy atom. The summed E-state index contributed by atoms with van der Waals surface area (Å²) in [5.41, 5.74) is 1.06. The highest BCUT2D eigenvalue weighted by Gasteiger charge is 2.55. The highest BCUT2D eigenvalue weighted by molar-refractivity contribution is 6.22. The topological polar surface area (TPSA) is 66.5 Å². The third kappa shape index (κ3) is 2.26. The van der Waals surface area contributed by atoms with Crippen LogP contribution in [0, 0.1) is 5.41 Å². The Morgan fingerprint density at radius 1 is 1.12 bits per heavy atom. The van der Waals surface area contributed by atoms with Crippen LogP contribution in [0.2, 0.25) is 0 Å². The Hall–Kier alpha value is -2.17. The fraction of sp³-hybridized carbons (Fsp3) is 0.526. The first-order valence-electron chi connectivity index (χ1n) is 8.81. The van der Waals surface area contributed by atoms with Crippen molar-refractivity contribution >= 4 is 17.7 Å². The number of fused-ring (bicyclic) bond motifs is 1. The molecule has 1 unspecified atom stereocenters. The Labute approximate surface area is 141 Å². The first kappa shape index (κ1) is 15.4. The molecule has 5 nitrogen and oxygen atoms in total. The van der Waals surface area contributed by atoms with Crippen molar-refractivity contribution in [2.45, 2.75) is 57.5 Å². The number of carbonyl (C=O) groups is 3. The van der Waals surface area contributed by atoms with Crippen LogP contribution in [-0.4, -0.2) is 34.7 Å². The SMILES string of the molecule is C[C@H](C(=O)NC1CC12CCCCC2)N1C(=O)c2ccccc2C1=O. The van der Waals surface area contributed by atoms with E-state index in [0.29, 0.717) is 11.1 Å². The van der Waals surface area contributed by atoms with Crippen LogP contribution in [0.15, 0.2) is 24.3 Å². The van der Waals surface area contributed by atoms with Crippen LogP contribution in [0.3, 0.4) is 0 Å². The molecule has 0 radical (unpaired) electrons. The molecule has 3 aliphatic rings. The van der Waals surface area contributed by atoms with Crippen molar-refractivity contribution in [3.63, 3.8) is 0 Å². The molecule has 3 amide bonds. The van der Waals surface area contributed by atoms with Crippen molar-refractivity contribution in [3.8, 4) is 0 Å². The summed E-state index contributed by atoms with van der Waals surface area (Å²) < 4.78 is 0. The van der Waals surface area contributed by atoms with Gasteiger partial charge in [0.15, 0.2) is 0 Å². The molecule has 1 aliphatic heterocycles. The zero-order chi connectivity index (χ0) is 16.9. The van der Waals surface area contributed by atoms with E-state index >= 15 is 0 Å². The summed E-state index contributed by atoms with van der Waals surface area (Å²) in [5.74, 6) is -0.972. The van der Waals surface area contributed by atoms with Gasteiger partial charge in [-0.1, -0.05) is 31.4 Å². The van der Waals surface area contributed by atoms with Gasteiger partial charge in [0.1, 0.15) is 6.04 Å². The van der Waals surface area contributed by atoms with Crippen molar-refractivity contribution < 1.29 is 14.4 Å². The lowest BCUT2D eigenvalue weighted by atomic mass is 9.86. The maximum atomic E-state index is 12.6. The summed E-state index contributed by atoms with van der Waals surface area (Å²) in [5, 5.41) is 3.07. The Morgan fingerprint density at radius 2 is 1.71 bits per heavy atom. The van der Waals surface area contributed by atoms with Crippen molar-refractivity contribution in [1.29, 1.82) is 0 Å². The first-order valence-corrected chi connectivity index (χ1v) is 8.81. The van der Waals surface area contributed by atoms with Crippen molar-refractivity contribution in [2.75, 3.05) is 0 Å². The lowest BCUT2D eigenvalue weighted by Crippen LogP contribution is -2.49. The molecule has 2 saturated carbocycles. The van der Waals surface area contributed by atoms with E-state index in [1.165, 1.54) is 32.1 Å². The highest BCUT2D eigenvalue weighted by atomic mass is 16.2. The van der Waals surface area contributed by atoms with Crippen LogP contribution in [0.25, 0.3) is 0 Å². The number of hydrogen-bond acceptors (Lipinski definition) is 3. The summed E-state index contributed by atoms with van der Waals surface area (Å²) in [6, 6.07) is 6.17. The predicted octanol–water partition coefficient (Wildman–Crippen LogP) is 2.51. The number of nitrogens with zero attached hydrogens (tertiary/aromatic N) is 1. The number of hydrogen-bond donors (Lipinski definition) is 1. The van der Waals surface area contributed by atoms with E-state index in [9.17, 15) is 14.4 Å². The third-order valence-electron chi connectivity index (χ3n) is 5.95. The van der Waals surface area contributed by atoms with E-state index in [2.05, 4.69) is 5.32 Å². The van der Waals surface area contributed by atoms with Gasteiger partial charge >= 0.3 is 0 Å². The second-order valence-electron chi connectivity index (χ2n) is 7.39. The van der Waals surface area contributed by atoms with Gasteiger partial charge in [-0.05, 0) is 43.7 Å². The molecule has 1 heterocycles. The van der Waals surface area contributed by atoms with E-state index in [1.54, 1.807) is 31.2 Å². The summed E-state index contributed by atoms with van der Waals surface area (Å²) in [7, 11) is 0. The molecule has 2 fully saturated rings. The van der Waals surface area contributed by atoms with E-state index in [1.807, 2.05) is 0 Å². The molecular weight excluding hydrogens is 304 g/mol. The zero-order valence-corrected chi connectivity index (χ0v) is 13.9. The molecule has 1 aromatic rings. The van der Waals surface area contributed by atoms with E-state index < -0.39 is 6.04 Å². The van der Waals surface area contributed by atoms with E-state index in [4.69, 9.17) is 0 Å². The van der Waals surface area contributed by atoms with E-state index in [0.717, 1.165) is 11.3 Å². The normalized spacial score (nSPS) is 25.5. The molecule has 1 aromatic carbocycles. The molecule has 2 atom stereocenters. The molecule has 0 saturated heterocycles. The zero-order valence-electron chi connectivity index (χ0n) is 13.9. The lowest BCUT2D eigenvalue weighted by molar-refractivity contribution is -0.124. The van der Waals surface area contributed by atoms with Gasteiger partial charge in [-0.3, -0.25) is 19.3 Å². The second-order valence-corrected chi connectivity index (χ2v) is 7.39. The summed E-state index contributed by atoms with van der Waals surface area (Å²) in [6.07, 6.45) is 7.15. The molecule has 4 rings (SSSR count). The number of benzene rings is 1. The molecule has 0 aromatic heterocycles. The second kappa shape index (κ2) is 5.43. The third-order valence-corrected chi connectivity index (χ3v) is 5.95. The summed E-state index contributed by atoms with van der Waals surface area (Å²) >= 11 is 0. The van der Waals surface area contributed by atoms with Crippen molar-refractivity contribution in [3.05, 3.63) is 35.4 Å². The number of carbonyl (C=O) groups excluding carboxylic acids is 3. The molecular formula is C19H22N2O3. The first-order chi connectivity index (χ1) is 11.5. The maximum Gasteiger partial charge on any atom is 0.262 e. The van der Waals surface area contributed by atoms with Crippen LogP contribution in [-0.2, 0) is 4.79 Å². The van der Waals surface area contributed by atoms with Gasteiger partial charge in [-0.2, -0.15) is 0 Å². The van der Waals surface area contributed by atoms with Gasteiger partial charge in [0, 0.05) is 6.04 Å². The van der Waals surface area contributed by atoms with Crippen LogP contribution >= 0.6 is 0 Å². The number of nitrogens with one attached hydrogen (secondary N) is 1. The Balaban J connectivity index is 1.45. The minimum atomic E-state index is -0.779. The fourth-order valence-corrected chi connectivity index (χ4v) is 4.33. The van der Waals surface area contributed by atoms with Crippen LogP contribution < -0.4 is 5.32 Å². The summed E-state index contributed by atoms with van der Waals surface area (Å²) in [4.78, 5) is 38.6. The molecule has 1 spiro atoms. The average molecular weight is 326 g/mol. The highest BCUT2D eigenvalue weighted by Crippen LogP contribution is 2.56. The number of amides is 3. The van der Waals surface area contributed by atoms with Gasteiger partial charge < -0.3 is 5.32 Å². The van der Waals surface area contributed by atoms with Gasteiger partial charge in [0.25, 0.3) is 11.8 Å². The lowest BCUT2D eigenvalue weighted by Gasteiger charge is -2.25. The Kier molecular flexibility index (Phi) is 3.48. The van der Waals surface area contributed by atoms with Gasteiger partial charge in [-0.15, -0.1) is 0 Å². The van der Waals surface area contributed by atoms with Gasteiger partial charge in [0.05, 0.1) is 11.1 Å². The summed E-state index contributed by atoms with van der Waals surface area (Å²) in [6.45, 7) is 1.63. The standard InChI is InChI=1S/C19H22N2O3/c1-12(16(22)20-15-11-19(15)9-5-2-6-10-19)21-17(23)13-7-3-4-8-14(13)18(21)24/h3-4,7-8,12,15H,2,5-6,9-11H2,1H3,(H,20,22)/t12-,15?/m1/s1. The van der Waals surface area contributed by atoms with Gasteiger partial charge in [-0.25, -0.2) is 0 Å². The average Bonchev–Trinajstić information content (AvgIpc) is 3.17. The van der Waals surface area contributed by atoms with E-state index in [-0.39, 0.29) is 29.2 Å². The largest absolute Gasteiger partial charge is 0.351 e. The van der Waals surface area contributed by atoms with Crippen molar-refractivity contribution in [1.82, 2.24) is 10.2 Å². The molecule has 0 bridgehead atoms. The Bertz CT molecular complexity index is 686. The predicted molar refractivity (Wildman–Crippen MR) is 88.5 cm³/mol. The molecule has 5 heteroatoms. The molecule has 24 heavy (non-hydrogen) atoms. The molecule has 126 valence electrons. The van der Waals surface area contributed by atoms with Crippen molar-refractivity contribution in [2.24, 2.45) is 5.41 Å². The van der Waals surface area contributed by atoms with Crippen LogP contribution in [0.5, 0.6) is 0 Å². The number of imide groups is 1. The maximum absolute atomic E-state index is 12.6. The number of rotatable bonds is 3. The minimum absolute atomic E-state index is 0.211. The molecule has 2 aliphatic carbocycles.